The lowest BCUT2D eigenvalue weighted by molar-refractivity contribution is -0.136. The highest BCUT2D eigenvalue weighted by atomic mass is 32.1. The first kappa shape index (κ1) is 24.3. The van der Waals surface area contributed by atoms with Crippen molar-refractivity contribution < 1.29 is 24.1 Å². The lowest BCUT2D eigenvalue weighted by Gasteiger charge is -2.37. The molecule has 3 rings (SSSR count). The fourth-order valence-corrected chi connectivity index (χ4v) is 4.92. The van der Waals surface area contributed by atoms with Crippen LogP contribution in [0.25, 0.3) is 0 Å². The molecule has 8 heteroatoms. The molecule has 7 nitrogen and oxygen atoms in total. The molecule has 0 bridgehead atoms. The van der Waals surface area contributed by atoms with Gasteiger partial charge >= 0.3 is 0 Å². The highest BCUT2D eigenvalue weighted by molar-refractivity contribution is 7.10. The number of rotatable bonds is 12. The number of aliphatic hydroxyl groups excluding tert-OH is 1. The number of amides is 1. The number of fused-ring (bicyclic) bond motifs is 1. The van der Waals surface area contributed by atoms with Crippen LogP contribution in [-0.4, -0.2) is 80.5 Å². The number of nitrogens with zero attached hydrogens (tertiary/aromatic N) is 2. The number of benzene rings is 1. The van der Waals surface area contributed by atoms with E-state index in [0.29, 0.717) is 37.7 Å². The highest BCUT2D eigenvalue weighted by Crippen LogP contribution is 2.35. The third-order valence-corrected chi connectivity index (χ3v) is 6.45. The van der Waals surface area contributed by atoms with Crippen molar-refractivity contribution in [3.05, 3.63) is 58.8 Å². The summed E-state index contributed by atoms with van der Waals surface area (Å²) < 4.78 is 16.5. The van der Waals surface area contributed by atoms with E-state index in [2.05, 4.69) is 18.0 Å². The molecular formula is C24H32N2O5S. The van der Waals surface area contributed by atoms with Crippen molar-refractivity contribution in [2.45, 2.75) is 18.6 Å². The summed E-state index contributed by atoms with van der Waals surface area (Å²) in [5.41, 5.74) is 1.14. The Morgan fingerprint density at radius 3 is 2.84 bits per heavy atom. The lowest BCUT2D eigenvalue weighted by Crippen LogP contribution is -2.48. The second-order valence-electron chi connectivity index (χ2n) is 7.71. The van der Waals surface area contributed by atoms with E-state index < -0.39 is 6.10 Å². The minimum Gasteiger partial charge on any atom is -0.493 e. The number of hydrogen-bond acceptors (Lipinski definition) is 7. The number of carbonyl (C=O) groups is 1. The zero-order chi connectivity index (χ0) is 22.9. The molecule has 0 saturated heterocycles. The van der Waals surface area contributed by atoms with E-state index in [9.17, 15) is 9.90 Å². The second kappa shape index (κ2) is 12.0. The van der Waals surface area contributed by atoms with Gasteiger partial charge in [0, 0.05) is 31.6 Å². The molecule has 174 valence electrons. The van der Waals surface area contributed by atoms with Gasteiger partial charge in [-0.15, -0.1) is 17.9 Å². The molecule has 1 amide bonds. The molecule has 1 aromatic heterocycles. The van der Waals surface area contributed by atoms with Gasteiger partial charge in [0.25, 0.3) is 0 Å². The molecule has 1 aromatic carbocycles. The van der Waals surface area contributed by atoms with Crippen molar-refractivity contribution in [1.29, 1.82) is 0 Å². The quantitative estimate of drug-likeness (QED) is 0.491. The molecule has 2 heterocycles. The number of aliphatic hydroxyl groups is 1. The van der Waals surface area contributed by atoms with Crippen LogP contribution in [0.3, 0.4) is 0 Å². The summed E-state index contributed by atoms with van der Waals surface area (Å²) in [6.45, 7) is 6.01. The van der Waals surface area contributed by atoms with E-state index in [-0.39, 0.29) is 25.1 Å². The first-order chi connectivity index (χ1) is 15.6. The van der Waals surface area contributed by atoms with Crippen LogP contribution in [0, 0.1) is 0 Å². The van der Waals surface area contributed by atoms with Crippen molar-refractivity contribution >= 4 is 17.2 Å². The van der Waals surface area contributed by atoms with Crippen molar-refractivity contribution in [3.8, 4) is 11.5 Å². The Bertz CT molecular complexity index is 887. The number of hydrogen-bond donors (Lipinski definition) is 1. The van der Waals surface area contributed by atoms with Crippen LogP contribution in [0.4, 0.5) is 0 Å². The van der Waals surface area contributed by atoms with Gasteiger partial charge in [-0.05, 0) is 35.6 Å². The Labute approximate surface area is 193 Å². The smallest absolute Gasteiger partial charge is 0.237 e. The van der Waals surface area contributed by atoms with Crippen molar-refractivity contribution in [2.75, 3.05) is 53.6 Å². The summed E-state index contributed by atoms with van der Waals surface area (Å²) >= 11 is 1.72. The standard InChI is InChI=1S/C24H32N2O5S/c1-4-11-25(14-18(27)16-29-2)15-24(28)26-12-9-23-19(10-13-32-23)20(26)17-31-22-8-6-5-7-21(22)30-3/h4-8,10,13,18,20,27H,1,9,11-12,14-17H2,2-3H3/t18-,20+/m1/s1. The molecule has 0 saturated carbocycles. The maximum Gasteiger partial charge on any atom is 0.237 e. The summed E-state index contributed by atoms with van der Waals surface area (Å²) in [4.78, 5) is 18.4. The van der Waals surface area contributed by atoms with Gasteiger partial charge in [-0.3, -0.25) is 9.69 Å². The van der Waals surface area contributed by atoms with Crippen molar-refractivity contribution in [1.82, 2.24) is 9.80 Å². The van der Waals surface area contributed by atoms with Crippen LogP contribution in [-0.2, 0) is 16.0 Å². The minimum absolute atomic E-state index is 0.00180. The van der Waals surface area contributed by atoms with Gasteiger partial charge in [0.2, 0.25) is 5.91 Å². The van der Waals surface area contributed by atoms with E-state index in [0.717, 1.165) is 12.0 Å². The Kier molecular flexibility index (Phi) is 9.11. The van der Waals surface area contributed by atoms with Crippen LogP contribution in [0.2, 0.25) is 0 Å². The van der Waals surface area contributed by atoms with E-state index in [1.807, 2.05) is 34.1 Å². The molecule has 1 aliphatic heterocycles. The Balaban J connectivity index is 1.74. The molecule has 0 aliphatic carbocycles. The van der Waals surface area contributed by atoms with Crippen LogP contribution < -0.4 is 9.47 Å². The summed E-state index contributed by atoms with van der Waals surface area (Å²) in [6.07, 6.45) is 1.90. The van der Waals surface area contributed by atoms with Crippen LogP contribution in [0.5, 0.6) is 11.5 Å². The zero-order valence-corrected chi connectivity index (χ0v) is 19.6. The van der Waals surface area contributed by atoms with E-state index in [1.54, 1.807) is 31.6 Å². The number of methoxy groups -OCH3 is 2. The van der Waals surface area contributed by atoms with Gasteiger partial charge in [-0.25, -0.2) is 0 Å². The number of carbonyl (C=O) groups excluding carboxylic acids is 1. The van der Waals surface area contributed by atoms with Crippen LogP contribution in [0.15, 0.2) is 48.4 Å². The molecule has 2 aromatic rings. The minimum atomic E-state index is -0.665. The van der Waals surface area contributed by atoms with Gasteiger partial charge in [-0.1, -0.05) is 18.2 Å². The molecule has 32 heavy (non-hydrogen) atoms. The largest absolute Gasteiger partial charge is 0.493 e. The average Bonchev–Trinajstić information content (AvgIpc) is 3.27. The predicted octanol–water partition coefficient (Wildman–Crippen LogP) is 2.76. The SMILES string of the molecule is C=CCN(CC(=O)N1CCc2sccc2[C@@H]1COc1ccccc1OC)C[C@@H](O)COC. The number of ether oxygens (including phenoxy) is 3. The predicted molar refractivity (Wildman–Crippen MR) is 125 cm³/mol. The van der Waals surface area contributed by atoms with Gasteiger partial charge in [-0.2, -0.15) is 0 Å². The summed E-state index contributed by atoms with van der Waals surface area (Å²) in [7, 11) is 3.16. The van der Waals surface area contributed by atoms with Crippen molar-refractivity contribution in [3.63, 3.8) is 0 Å². The molecule has 0 fully saturated rings. The Hall–Kier alpha value is -2.39. The van der Waals surface area contributed by atoms with Gasteiger partial charge in [0.1, 0.15) is 6.61 Å². The molecule has 1 N–H and O–H groups in total. The third kappa shape index (κ3) is 6.10. The lowest BCUT2D eigenvalue weighted by atomic mass is 10.0. The Morgan fingerprint density at radius 1 is 1.34 bits per heavy atom. The fraction of sp³-hybridized carbons (Fsp3) is 0.458. The van der Waals surface area contributed by atoms with Crippen molar-refractivity contribution in [2.24, 2.45) is 0 Å². The number of para-hydroxylation sites is 2. The Morgan fingerprint density at radius 2 is 2.12 bits per heavy atom. The first-order valence-corrected chi connectivity index (χ1v) is 11.6. The molecule has 0 radical (unpaired) electrons. The van der Waals surface area contributed by atoms with Crippen LogP contribution in [0.1, 0.15) is 16.5 Å². The maximum absolute atomic E-state index is 13.4. The molecule has 1 aliphatic rings. The fourth-order valence-electron chi connectivity index (χ4n) is 3.99. The average molecular weight is 461 g/mol. The molecule has 2 atom stereocenters. The number of thiophene rings is 1. The summed E-state index contributed by atoms with van der Waals surface area (Å²) in [6, 6.07) is 9.41. The monoisotopic (exact) mass is 460 g/mol. The van der Waals surface area contributed by atoms with Crippen LogP contribution >= 0.6 is 11.3 Å². The normalized spacial score (nSPS) is 16.5. The second-order valence-corrected chi connectivity index (χ2v) is 8.71. The third-order valence-electron chi connectivity index (χ3n) is 5.46. The zero-order valence-electron chi connectivity index (χ0n) is 18.7. The summed E-state index contributed by atoms with van der Waals surface area (Å²) in [5, 5.41) is 12.2. The first-order valence-electron chi connectivity index (χ1n) is 10.7. The van der Waals surface area contributed by atoms with E-state index in [4.69, 9.17) is 14.2 Å². The molecule has 0 unspecified atom stereocenters. The van der Waals surface area contributed by atoms with E-state index in [1.165, 1.54) is 4.88 Å². The van der Waals surface area contributed by atoms with E-state index >= 15 is 0 Å². The maximum atomic E-state index is 13.4. The summed E-state index contributed by atoms with van der Waals surface area (Å²) in [5.74, 6) is 1.32. The molecular weight excluding hydrogens is 428 g/mol. The molecule has 0 spiro atoms. The topological polar surface area (TPSA) is 71.5 Å². The highest BCUT2D eigenvalue weighted by Gasteiger charge is 2.33. The van der Waals surface area contributed by atoms with Gasteiger partial charge in [0.15, 0.2) is 11.5 Å². The van der Waals surface area contributed by atoms with Gasteiger partial charge < -0.3 is 24.2 Å². The van der Waals surface area contributed by atoms with Gasteiger partial charge in [0.05, 0.1) is 32.4 Å².